The molecule has 0 unspecified atom stereocenters. The largest absolute Gasteiger partial charge is 0.465 e. The van der Waals surface area contributed by atoms with Crippen LogP contribution in [0.15, 0.2) is 48.5 Å². The summed E-state index contributed by atoms with van der Waals surface area (Å²) in [5, 5.41) is 2.81. The number of amides is 2. The molecule has 2 aromatic carbocycles. The van der Waals surface area contributed by atoms with Gasteiger partial charge in [0.2, 0.25) is 5.91 Å². The zero-order chi connectivity index (χ0) is 19.1. The number of hydrogen-bond donors (Lipinski definition) is 1. The highest BCUT2D eigenvalue weighted by Gasteiger charge is 2.13. The molecule has 1 N–H and O–H groups in total. The van der Waals surface area contributed by atoms with Crippen LogP contribution in [0.2, 0.25) is 0 Å². The summed E-state index contributed by atoms with van der Waals surface area (Å²) in [5.74, 6) is -0.768. The molecule has 0 bridgehead atoms. The van der Waals surface area contributed by atoms with E-state index in [1.165, 1.54) is 18.9 Å². The number of nitrogens with one attached hydrogen (secondary N) is 1. The summed E-state index contributed by atoms with van der Waals surface area (Å²) < 4.78 is 4.66. The minimum Gasteiger partial charge on any atom is -0.465 e. The molecule has 0 heterocycles. The average Bonchev–Trinajstić information content (AvgIpc) is 2.64. The molecule has 6 nitrogen and oxygen atoms in total. The molecule has 0 fully saturated rings. The Hall–Kier alpha value is -3.15. The predicted molar refractivity (Wildman–Crippen MR) is 99.3 cm³/mol. The maximum atomic E-state index is 12.2. The van der Waals surface area contributed by atoms with E-state index in [9.17, 15) is 14.4 Å². The molecular weight excluding hydrogens is 332 g/mol. The molecular formula is C20H22N2O4. The molecule has 0 aliphatic heterocycles. The number of ether oxygens (including phenoxy) is 1. The molecule has 6 heteroatoms. The Labute approximate surface area is 152 Å². The summed E-state index contributed by atoms with van der Waals surface area (Å²) >= 11 is 0. The van der Waals surface area contributed by atoms with E-state index in [0.29, 0.717) is 29.9 Å². The van der Waals surface area contributed by atoms with Gasteiger partial charge >= 0.3 is 5.97 Å². The summed E-state index contributed by atoms with van der Waals surface area (Å²) in [6.07, 6.45) is 0. The summed E-state index contributed by atoms with van der Waals surface area (Å²) in [6, 6.07) is 13.9. The molecule has 0 aliphatic carbocycles. The lowest BCUT2D eigenvalue weighted by Gasteiger charge is -2.21. The molecule has 2 aromatic rings. The zero-order valence-corrected chi connectivity index (χ0v) is 15.1. The minimum absolute atomic E-state index is 0.152. The Bertz CT molecular complexity index is 800. The Kier molecular flexibility index (Phi) is 6.49. The van der Waals surface area contributed by atoms with Crippen LogP contribution in [0.25, 0.3) is 0 Å². The first-order valence-electron chi connectivity index (χ1n) is 8.23. The van der Waals surface area contributed by atoms with Crippen molar-refractivity contribution >= 4 is 23.5 Å². The van der Waals surface area contributed by atoms with Gasteiger partial charge in [0.15, 0.2) is 0 Å². The number of hydrogen-bond acceptors (Lipinski definition) is 4. The molecule has 0 saturated heterocycles. The van der Waals surface area contributed by atoms with Gasteiger partial charge in [0, 0.05) is 31.3 Å². The van der Waals surface area contributed by atoms with Crippen LogP contribution in [0.3, 0.4) is 0 Å². The third kappa shape index (κ3) is 4.92. The quantitative estimate of drug-likeness (QED) is 0.809. The lowest BCUT2D eigenvalue weighted by Crippen LogP contribution is -2.37. The first-order valence-corrected chi connectivity index (χ1v) is 8.23. The van der Waals surface area contributed by atoms with Gasteiger partial charge < -0.3 is 15.0 Å². The van der Waals surface area contributed by atoms with E-state index < -0.39 is 5.97 Å². The summed E-state index contributed by atoms with van der Waals surface area (Å²) in [7, 11) is 1.31. The van der Waals surface area contributed by atoms with E-state index >= 15 is 0 Å². The van der Waals surface area contributed by atoms with Gasteiger partial charge in [-0.25, -0.2) is 4.79 Å². The van der Waals surface area contributed by atoms with Gasteiger partial charge in [-0.3, -0.25) is 9.59 Å². The van der Waals surface area contributed by atoms with Gasteiger partial charge in [0.25, 0.3) is 5.91 Å². The third-order valence-corrected chi connectivity index (χ3v) is 3.88. The van der Waals surface area contributed by atoms with Gasteiger partial charge in [-0.2, -0.15) is 0 Å². The third-order valence-electron chi connectivity index (χ3n) is 3.88. The monoisotopic (exact) mass is 354 g/mol. The zero-order valence-electron chi connectivity index (χ0n) is 15.1. The smallest absolute Gasteiger partial charge is 0.337 e. The fourth-order valence-corrected chi connectivity index (χ4v) is 2.53. The topological polar surface area (TPSA) is 75.7 Å². The van der Waals surface area contributed by atoms with Crippen LogP contribution < -0.4 is 10.2 Å². The van der Waals surface area contributed by atoms with Crippen molar-refractivity contribution in [3.05, 3.63) is 65.2 Å². The molecule has 2 rings (SSSR count). The van der Waals surface area contributed by atoms with Crippen LogP contribution in [-0.2, 0) is 9.53 Å². The molecule has 2 amide bonds. The van der Waals surface area contributed by atoms with Crippen molar-refractivity contribution in [1.29, 1.82) is 0 Å². The van der Waals surface area contributed by atoms with Crippen LogP contribution in [0, 0.1) is 6.92 Å². The van der Waals surface area contributed by atoms with Crippen molar-refractivity contribution < 1.29 is 19.1 Å². The normalized spacial score (nSPS) is 10.1. The fourth-order valence-electron chi connectivity index (χ4n) is 2.53. The van der Waals surface area contributed by atoms with Crippen LogP contribution in [-0.4, -0.2) is 38.0 Å². The van der Waals surface area contributed by atoms with Gasteiger partial charge in [0.05, 0.1) is 12.7 Å². The number of carbonyl (C=O) groups is 3. The maximum Gasteiger partial charge on any atom is 0.337 e. The highest BCUT2D eigenvalue weighted by atomic mass is 16.5. The second-order valence-electron chi connectivity index (χ2n) is 5.83. The van der Waals surface area contributed by atoms with Crippen molar-refractivity contribution in [1.82, 2.24) is 5.32 Å². The van der Waals surface area contributed by atoms with Crippen molar-refractivity contribution in [2.24, 2.45) is 0 Å². The molecule has 0 spiro atoms. The van der Waals surface area contributed by atoms with Crippen LogP contribution in [0.4, 0.5) is 5.69 Å². The predicted octanol–water partition coefficient (Wildman–Crippen LogP) is 2.56. The van der Waals surface area contributed by atoms with E-state index in [-0.39, 0.29) is 11.8 Å². The molecule has 136 valence electrons. The molecule has 0 saturated carbocycles. The Morgan fingerprint density at radius 1 is 1.04 bits per heavy atom. The highest BCUT2D eigenvalue weighted by Crippen LogP contribution is 2.16. The summed E-state index contributed by atoms with van der Waals surface area (Å²) in [5.41, 5.74) is 2.65. The second kappa shape index (κ2) is 8.80. The van der Waals surface area contributed by atoms with Crippen molar-refractivity contribution in [2.75, 3.05) is 25.1 Å². The standard InChI is InChI=1S/C20H22N2O4/c1-14-5-4-6-17(13-14)19(24)21-11-12-22(15(2)23)18-9-7-16(8-10-18)20(25)26-3/h4-10,13H,11-12H2,1-3H3,(H,21,24). The van der Waals surface area contributed by atoms with Crippen LogP contribution >= 0.6 is 0 Å². The van der Waals surface area contributed by atoms with Gasteiger partial charge in [-0.05, 0) is 43.3 Å². The first-order chi connectivity index (χ1) is 12.4. The number of benzene rings is 2. The summed E-state index contributed by atoms with van der Waals surface area (Å²) in [4.78, 5) is 37.1. The molecule has 0 atom stereocenters. The second-order valence-corrected chi connectivity index (χ2v) is 5.83. The van der Waals surface area contributed by atoms with E-state index in [1.807, 2.05) is 25.1 Å². The molecule has 0 radical (unpaired) electrons. The van der Waals surface area contributed by atoms with Crippen molar-refractivity contribution in [2.45, 2.75) is 13.8 Å². The molecule has 26 heavy (non-hydrogen) atoms. The first kappa shape index (κ1) is 19.2. The summed E-state index contributed by atoms with van der Waals surface area (Å²) in [6.45, 7) is 4.01. The fraction of sp³-hybridized carbons (Fsp3) is 0.250. The van der Waals surface area contributed by atoms with Crippen molar-refractivity contribution in [3.63, 3.8) is 0 Å². The number of nitrogens with zero attached hydrogens (tertiary/aromatic N) is 1. The number of aryl methyl sites for hydroxylation is 1. The highest BCUT2D eigenvalue weighted by molar-refractivity contribution is 5.95. The Balaban J connectivity index is 1.99. The van der Waals surface area contributed by atoms with Gasteiger partial charge in [-0.15, -0.1) is 0 Å². The SMILES string of the molecule is COC(=O)c1ccc(N(CCNC(=O)c2cccc(C)c2)C(C)=O)cc1. The van der Waals surface area contributed by atoms with Gasteiger partial charge in [0.1, 0.15) is 0 Å². The van der Waals surface area contributed by atoms with Gasteiger partial charge in [-0.1, -0.05) is 17.7 Å². The van der Waals surface area contributed by atoms with E-state index in [4.69, 9.17) is 0 Å². The van der Waals surface area contributed by atoms with Crippen LogP contribution in [0.5, 0.6) is 0 Å². The number of esters is 1. The lowest BCUT2D eigenvalue weighted by atomic mass is 10.1. The molecule has 0 aliphatic rings. The number of anilines is 1. The molecule has 0 aromatic heterocycles. The Morgan fingerprint density at radius 2 is 1.73 bits per heavy atom. The van der Waals surface area contributed by atoms with Crippen molar-refractivity contribution in [3.8, 4) is 0 Å². The minimum atomic E-state index is -0.434. The average molecular weight is 354 g/mol. The van der Waals surface area contributed by atoms with Crippen LogP contribution in [0.1, 0.15) is 33.2 Å². The number of methoxy groups -OCH3 is 1. The maximum absolute atomic E-state index is 12.2. The lowest BCUT2D eigenvalue weighted by molar-refractivity contribution is -0.116. The van der Waals surface area contributed by atoms with E-state index in [1.54, 1.807) is 30.3 Å². The number of carbonyl (C=O) groups excluding carboxylic acids is 3. The van der Waals surface area contributed by atoms with E-state index in [2.05, 4.69) is 10.1 Å². The Morgan fingerprint density at radius 3 is 2.31 bits per heavy atom. The van der Waals surface area contributed by atoms with E-state index in [0.717, 1.165) is 5.56 Å². The number of rotatable bonds is 6.